The zero-order valence-electron chi connectivity index (χ0n) is 11.2. The minimum atomic E-state index is -0.137. The van der Waals surface area contributed by atoms with Gasteiger partial charge in [-0.15, -0.1) is 5.10 Å². The Kier molecular flexibility index (Phi) is 4.26. The molecule has 2 aromatic heterocycles. The number of imidazole rings is 1. The molecular weight excluding hydrogens is 262 g/mol. The largest absolute Gasteiger partial charge is 0.347 e. The number of aromatic amines is 1. The Morgan fingerprint density at radius 3 is 2.89 bits per heavy atom. The lowest BCUT2D eigenvalue weighted by Crippen LogP contribution is -2.29. The summed E-state index contributed by atoms with van der Waals surface area (Å²) in [7, 11) is 0. The fraction of sp³-hybridized carbons (Fsp3) is 0.500. The average molecular weight is 279 g/mol. The number of amides is 1. The van der Waals surface area contributed by atoms with Crippen LogP contribution in [-0.4, -0.2) is 25.5 Å². The molecule has 2 N–H and O–H groups in total. The van der Waals surface area contributed by atoms with Gasteiger partial charge in [-0.1, -0.05) is 25.3 Å². The minimum Gasteiger partial charge on any atom is -0.347 e. The highest BCUT2D eigenvalue weighted by atomic mass is 32.1. The number of H-pyrrole nitrogens is 1. The Morgan fingerprint density at radius 1 is 1.53 bits per heavy atom. The molecule has 0 saturated carbocycles. The lowest BCUT2D eigenvalue weighted by molar-refractivity contribution is 0.0936. The van der Waals surface area contributed by atoms with Crippen molar-refractivity contribution < 1.29 is 4.79 Å². The molecule has 0 spiro atoms. The van der Waals surface area contributed by atoms with E-state index in [2.05, 4.69) is 24.9 Å². The highest BCUT2D eigenvalue weighted by Crippen LogP contribution is 2.21. The van der Waals surface area contributed by atoms with Crippen LogP contribution in [0, 0.1) is 0 Å². The number of nitrogens with zero attached hydrogens (tertiary/aromatic N) is 3. The third-order valence-corrected chi connectivity index (χ3v) is 3.57. The Bertz CT molecular complexity index is 534. The highest BCUT2D eigenvalue weighted by molar-refractivity contribution is 7.08. The van der Waals surface area contributed by atoms with Crippen molar-refractivity contribution in [1.82, 2.24) is 24.9 Å². The molecule has 0 saturated heterocycles. The molecule has 7 heteroatoms. The number of carbonyl (C=O) groups excluding carboxylic acids is 1. The molecule has 2 heterocycles. The minimum absolute atomic E-state index is 0.121. The normalized spacial score (nSPS) is 12.6. The molecule has 2 aromatic rings. The van der Waals surface area contributed by atoms with E-state index in [0.29, 0.717) is 4.88 Å². The molecule has 0 aliphatic carbocycles. The Labute approximate surface area is 115 Å². The number of hydrogen-bond acceptors (Lipinski definition) is 5. The van der Waals surface area contributed by atoms with Gasteiger partial charge >= 0.3 is 0 Å². The first-order chi connectivity index (χ1) is 9.13. The predicted molar refractivity (Wildman–Crippen MR) is 73.1 cm³/mol. The van der Waals surface area contributed by atoms with Crippen LogP contribution in [0.2, 0.25) is 0 Å². The SMILES string of the molecule is CCC(NC(=O)c1snnc1C(C)C)c1ncc[nH]1. The van der Waals surface area contributed by atoms with Crippen LogP contribution in [0.15, 0.2) is 12.4 Å². The summed E-state index contributed by atoms with van der Waals surface area (Å²) >= 11 is 1.13. The van der Waals surface area contributed by atoms with Gasteiger partial charge in [-0.25, -0.2) is 4.98 Å². The molecule has 0 aromatic carbocycles. The second kappa shape index (κ2) is 5.92. The van der Waals surface area contributed by atoms with Crippen LogP contribution in [0.3, 0.4) is 0 Å². The summed E-state index contributed by atoms with van der Waals surface area (Å²) in [4.78, 5) is 20.1. The van der Waals surface area contributed by atoms with E-state index in [1.54, 1.807) is 12.4 Å². The summed E-state index contributed by atoms with van der Waals surface area (Å²) < 4.78 is 3.87. The van der Waals surface area contributed by atoms with Crippen molar-refractivity contribution in [2.45, 2.75) is 39.2 Å². The fourth-order valence-electron chi connectivity index (χ4n) is 1.79. The van der Waals surface area contributed by atoms with Gasteiger partial charge in [0.05, 0.1) is 11.7 Å². The summed E-state index contributed by atoms with van der Waals surface area (Å²) in [5, 5.41) is 6.98. The molecule has 1 atom stereocenters. The molecule has 0 bridgehead atoms. The van der Waals surface area contributed by atoms with Gasteiger partial charge in [-0.2, -0.15) is 0 Å². The van der Waals surface area contributed by atoms with Crippen molar-refractivity contribution in [3.63, 3.8) is 0 Å². The zero-order chi connectivity index (χ0) is 13.8. The van der Waals surface area contributed by atoms with Gasteiger partial charge in [-0.05, 0) is 23.9 Å². The Hall–Kier alpha value is -1.76. The van der Waals surface area contributed by atoms with Crippen LogP contribution in [0.1, 0.15) is 60.3 Å². The first-order valence-corrected chi connectivity index (χ1v) is 7.03. The zero-order valence-corrected chi connectivity index (χ0v) is 12.0. The smallest absolute Gasteiger partial charge is 0.265 e. The number of aromatic nitrogens is 4. The van der Waals surface area contributed by atoms with Crippen LogP contribution in [0.5, 0.6) is 0 Å². The van der Waals surface area contributed by atoms with Gasteiger partial charge in [-0.3, -0.25) is 4.79 Å². The van der Waals surface area contributed by atoms with Crippen molar-refractivity contribution >= 4 is 17.4 Å². The second-order valence-electron chi connectivity index (χ2n) is 4.55. The third-order valence-electron chi connectivity index (χ3n) is 2.83. The van der Waals surface area contributed by atoms with Gasteiger partial charge in [0, 0.05) is 12.4 Å². The highest BCUT2D eigenvalue weighted by Gasteiger charge is 2.22. The van der Waals surface area contributed by atoms with Crippen LogP contribution in [-0.2, 0) is 0 Å². The summed E-state index contributed by atoms with van der Waals surface area (Å²) in [5.41, 5.74) is 0.747. The van der Waals surface area contributed by atoms with Gasteiger partial charge in [0.1, 0.15) is 10.7 Å². The maximum Gasteiger partial charge on any atom is 0.265 e. The molecule has 0 radical (unpaired) electrons. The number of nitrogens with one attached hydrogen (secondary N) is 2. The van der Waals surface area contributed by atoms with E-state index in [1.165, 1.54) is 0 Å². The standard InChI is InChI=1S/C12H17N5OS/c1-4-8(11-13-5-6-14-11)15-12(18)10-9(7(2)3)16-17-19-10/h5-8H,4H2,1-3H3,(H,13,14)(H,15,18). The molecule has 0 aliphatic heterocycles. The third kappa shape index (κ3) is 2.98. The Morgan fingerprint density at radius 2 is 2.32 bits per heavy atom. The first-order valence-electron chi connectivity index (χ1n) is 6.25. The van der Waals surface area contributed by atoms with Crippen LogP contribution < -0.4 is 5.32 Å². The monoisotopic (exact) mass is 279 g/mol. The summed E-state index contributed by atoms with van der Waals surface area (Å²) in [6, 6.07) is -0.121. The lowest BCUT2D eigenvalue weighted by atomic mass is 10.1. The van der Waals surface area contributed by atoms with Gasteiger partial charge in [0.15, 0.2) is 0 Å². The van der Waals surface area contributed by atoms with Crippen LogP contribution in [0.4, 0.5) is 0 Å². The van der Waals surface area contributed by atoms with E-state index in [1.807, 2.05) is 20.8 Å². The maximum atomic E-state index is 12.3. The quantitative estimate of drug-likeness (QED) is 0.879. The molecule has 6 nitrogen and oxygen atoms in total. The second-order valence-corrected chi connectivity index (χ2v) is 5.30. The van der Waals surface area contributed by atoms with Crippen molar-refractivity contribution in [2.24, 2.45) is 0 Å². The van der Waals surface area contributed by atoms with Crippen LogP contribution in [0.25, 0.3) is 0 Å². The molecule has 1 unspecified atom stereocenters. The first kappa shape index (κ1) is 13.7. The van der Waals surface area contributed by atoms with E-state index in [9.17, 15) is 4.79 Å². The van der Waals surface area contributed by atoms with Crippen molar-refractivity contribution in [3.05, 3.63) is 28.8 Å². The topological polar surface area (TPSA) is 83.6 Å². The van der Waals surface area contributed by atoms with E-state index < -0.39 is 0 Å². The number of rotatable bonds is 5. The van der Waals surface area contributed by atoms with Gasteiger partial charge in [0.2, 0.25) is 0 Å². The van der Waals surface area contributed by atoms with E-state index in [-0.39, 0.29) is 17.9 Å². The molecule has 0 aliphatic rings. The number of hydrogen-bond donors (Lipinski definition) is 2. The van der Waals surface area contributed by atoms with E-state index in [0.717, 1.165) is 29.5 Å². The summed E-state index contributed by atoms with van der Waals surface area (Å²) in [6.45, 7) is 6.00. The molecule has 1 amide bonds. The molecule has 102 valence electrons. The van der Waals surface area contributed by atoms with Crippen molar-refractivity contribution in [3.8, 4) is 0 Å². The average Bonchev–Trinajstić information content (AvgIpc) is 3.05. The lowest BCUT2D eigenvalue weighted by Gasteiger charge is -2.14. The number of carbonyl (C=O) groups is 1. The summed E-state index contributed by atoms with van der Waals surface area (Å²) in [6.07, 6.45) is 4.19. The van der Waals surface area contributed by atoms with E-state index in [4.69, 9.17) is 0 Å². The molecular formula is C12H17N5OS. The van der Waals surface area contributed by atoms with Crippen molar-refractivity contribution in [2.75, 3.05) is 0 Å². The van der Waals surface area contributed by atoms with Gasteiger partial charge < -0.3 is 10.3 Å². The maximum absolute atomic E-state index is 12.3. The fourth-order valence-corrected chi connectivity index (χ4v) is 2.51. The molecule has 19 heavy (non-hydrogen) atoms. The van der Waals surface area contributed by atoms with Gasteiger partial charge in [0.25, 0.3) is 5.91 Å². The summed E-state index contributed by atoms with van der Waals surface area (Å²) in [5.74, 6) is 0.810. The Balaban J connectivity index is 2.14. The van der Waals surface area contributed by atoms with Crippen molar-refractivity contribution in [1.29, 1.82) is 0 Å². The molecule has 2 rings (SSSR count). The predicted octanol–water partition coefficient (Wildman–Crippen LogP) is 2.27. The molecule has 0 fully saturated rings. The van der Waals surface area contributed by atoms with Crippen LogP contribution >= 0.6 is 11.5 Å². The van der Waals surface area contributed by atoms with E-state index >= 15 is 0 Å².